The van der Waals surface area contributed by atoms with Gasteiger partial charge in [-0.3, -0.25) is 10.3 Å². The van der Waals surface area contributed by atoms with E-state index in [2.05, 4.69) is 39.3 Å². The number of hydrogen-bond donors (Lipinski definition) is 1. The number of carbonyl (C=O) groups excluding carboxylic acids is 1. The van der Waals surface area contributed by atoms with E-state index in [4.69, 9.17) is 4.74 Å². The summed E-state index contributed by atoms with van der Waals surface area (Å²) in [5.41, 5.74) is 3.96. The highest BCUT2D eigenvalue weighted by molar-refractivity contribution is 7.19. The molecule has 1 N–H and O–H groups in total. The molecule has 144 valence electrons. The van der Waals surface area contributed by atoms with Crippen molar-refractivity contribution in [2.24, 2.45) is 4.99 Å². The number of nitrogens with zero attached hydrogens (tertiary/aromatic N) is 3. The number of aliphatic imine (C=N–C) groups is 1. The summed E-state index contributed by atoms with van der Waals surface area (Å²) in [6.07, 6.45) is 7.49. The molecule has 6 nitrogen and oxygen atoms in total. The van der Waals surface area contributed by atoms with Crippen LogP contribution in [0.25, 0.3) is 10.6 Å². The Morgan fingerprint density at radius 3 is 2.96 bits per heavy atom. The van der Waals surface area contributed by atoms with Crippen molar-refractivity contribution in [3.8, 4) is 10.6 Å². The lowest BCUT2D eigenvalue weighted by Crippen LogP contribution is -2.32. The number of fused-ring (bicyclic) bond motifs is 1. The molecule has 0 spiro atoms. The molecule has 1 aliphatic heterocycles. The number of carbonyl (C=O) groups is 1. The maximum absolute atomic E-state index is 12.3. The van der Waals surface area contributed by atoms with E-state index in [-0.39, 0.29) is 18.7 Å². The zero-order chi connectivity index (χ0) is 19.7. The molecular formula is C21H22N4O2S. The Kier molecular flexibility index (Phi) is 5.00. The van der Waals surface area contributed by atoms with Crippen molar-refractivity contribution < 1.29 is 9.53 Å². The van der Waals surface area contributed by atoms with Gasteiger partial charge in [-0.05, 0) is 25.0 Å². The minimum Gasteiger partial charge on any atom is -0.444 e. The van der Waals surface area contributed by atoms with E-state index in [0.29, 0.717) is 5.00 Å². The summed E-state index contributed by atoms with van der Waals surface area (Å²) in [6.45, 7) is 4.15. The molecule has 2 heterocycles. The van der Waals surface area contributed by atoms with Gasteiger partial charge in [0.1, 0.15) is 16.6 Å². The first-order valence-corrected chi connectivity index (χ1v) is 9.94. The van der Waals surface area contributed by atoms with Crippen molar-refractivity contribution in [3.05, 3.63) is 59.3 Å². The molecular weight excluding hydrogens is 372 g/mol. The number of aromatic nitrogens is 1. The number of hydrogen-bond acceptors (Lipinski definition) is 6. The lowest BCUT2D eigenvalue weighted by Gasteiger charge is -2.23. The fourth-order valence-electron chi connectivity index (χ4n) is 3.29. The van der Waals surface area contributed by atoms with Crippen LogP contribution in [0.1, 0.15) is 11.3 Å². The Morgan fingerprint density at radius 2 is 2.14 bits per heavy atom. The maximum Gasteiger partial charge on any atom is 0.412 e. The first kappa shape index (κ1) is 18.4. The van der Waals surface area contributed by atoms with Crippen LogP contribution in [0.2, 0.25) is 0 Å². The molecule has 2 aromatic rings. The summed E-state index contributed by atoms with van der Waals surface area (Å²) >= 11 is 1.45. The van der Waals surface area contributed by atoms with E-state index in [1.54, 1.807) is 0 Å². The molecule has 28 heavy (non-hydrogen) atoms. The lowest BCUT2D eigenvalue weighted by molar-refractivity contribution is 0.172. The molecule has 0 saturated carbocycles. The van der Waals surface area contributed by atoms with E-state index in [1.165, 1.54) is 11.3 Å². The number of amides is 1. The van der Waals surface area contributed by atoms with Crippen LogP contribution in [0.4, 0.5) is 9.80 Å². The Hall–Kier alpha value is -2.93. The van der Waals surface area contributed by atoms with Crippen molar-refractivity contribution in [1.82, 2.24) is 9.88 Å². The highest BCUT2D eigenvalue weighted by Gasteiger charge is 2.27. The van der Waals surface area contributed by atoms with Gasteiger partial charge in [0, 0.05) is 12.6 Å². The van der Waals surface area contributed by atoms with E-state index >= 15 is 0 Å². The summed E-state index contributed by atoms with van der Waals surface area (Å²) in [4.78, 5) is 23.4. The average Bonchev–Trinajstić information content (AvgIpc) is 3.23. The lowest BCUT2D eigenvalue weighted by atomic mass is 9.99. The Morgan fingerprint density at radius 1 is 1.32 bits per heavy atom. The fraction of sp³-hybridized carbons (Fsp3) is 0.286. The van der Waals surface area contributed by atoms with Crippen LogP contribution in [0.3, 0.4) is 0 Å². The van der Waals surface area contributed by atoms with Gasteiger partial charge in [0.15, 0.2) is 0 Å². The quantitative estimate of drug-likeness (QED) is 0.845. The highest BCUT2D eigenvalue weighted by atomic mass is 32.1. The van der Waals surface area contributed by atoms with Crippen LogP contribution in [0.15, 0.2) is 53.1 Å². The normalized spacial score (nSPS) is 20.1. The fourth-order valence-corrected chi connectivity index (χ4v) is 4.33. The average molecular weight is 395 g/mol. The zero-order valence-electron chi connectivity index (χ0n) is 16.0. The summed E-state index contributed by atoms with van der Waals surface area (Å²) < 4.78 is 5.40. The smallest absolute Gasteiger partial charge is 0.412 e. The molecule has 1 aliphatic carbocycles. The third-order valence-corrected chi connectivity index (χ3v) is 6.00. The molecule has 2 unspecified atom stereocenters. The second-order valence-electron chi connectivity index (χ2n) is 6.96. The molecule has 0 bridgehead atoms. The second-order valence-corrected chi connectivity index (χ2v) is 7.96. The topological polar surface area (TPSA) is 66.8 Å². The molecule has 0 radical (unpaired) electrons. The largest absolute Gasteiger partial charge is 0.444 e. The molecule has 2 atom stereocenters. The summed E-state index contributed by atoms with van der Waals surface area (Å²) in [6, 6.07) is 8.43. The van der Waals surface area contributed by atoms with Crippen molar-refractivity contribution in [3.63, 3.8) is 0 Å². The molecule has 0 fully saturated rings. The van der Waals surface area contributed by atoms with E-state index < -0.39 is 6.09 Å². The van der Waals surface area contributed by atoms with Crippen molar-refractivity contribution in [1.29, 1.82) is 0 Å². The van der Waals surface area contributed by atoms with Gasteiger partial charge in [-0.2, -0.15) is 0 Å². The number of ether oxygens (including phenoxy) is 1. The van der Waals surface area contributed by atoms with Gasteiger partial charge in [-0.25, -0.2) is 9.78 Å². The maximum atomic E-state index is 12.3. The molecule has 1 aromatic heterocycles. The van der Waals surface area contributed by atoms with Gasteiger partial charge in [-0.1, -0.05) is 53.8 Å². The van der Waals surface area contributed by atoms with Crippen molar-refractivity contribution in [2.45, 2.75) is 25.9 Å². The predicted molar refractivity (Wildman–Crippen MR) is 113 cm³/mol. The summed E-state index contributed by atoms with van der Waals surface area (Å²) in [5.74, 6) is 0. The number of aryl methyl sites for hydroxylation is 2. The second kappa shape index (κ2) is 7.59. The van der Waals surface area contributed by atoms with Crippen LogP contribution in [-0.4, -0.2) is 48.1 Å². The SMILES string of the molecule is Cc1ccccc1-c1nc(C)c(NC(=O)OCC2=CC3N=CN(C)C3C=C2)s1. The van der Waals surface area contributed by atoms with Crippen molar-refractivity contribution >= 4 is 28.8 Å². The number of rotatable bonds is 4. The molecule has 4 rings (SSSR count). The Labute approximate surface area is 168 Å². The Bertz CT molecular complexity index is 992. The monoisotopic (exact) mass is 394 g/mol. The van der Waals surface area contributed by atoms with Gasteiger partial charge >= 0.3 is 6.09 Å². The number of thiazole rings is 1. The van der Waals surface area contributed by atoms with Gasteiger partial charge < -0.3 is 9.64 Å². The first-order chi connectivity index (χ1) is 13.5. The molecule has 1 aromatic carbocycles. The van der Waals surface area contributed by atoms with Gasteiger partial charge in [0.2, 0.25) is 0 Å². The number of nitrogens with one attached hydrogen (secondary N) is 1. The number of benzene rings is 1. The van der Waals surface area contributed by atoms with Crippen LogP contribution < -0.4 is 5.32 Å². The van der Waals surface area contributed by atoms with Crippen molar-refractivity contribution in [2.75, 3.05) is 19.0 Å². The number of likely N-dealkylation sites (N-methyl/N-ethyl adjacent to an activating group) is 1. The minimum absolute atomic E-state index is 0.0945. The first-order valence-electron chi connectivity index (χ1n) is 9.12. The van der Waals surface area contributed by atoms with Crippen LogP contribution in [-0.2, 0) is 4.74 Å². The van der Waals surface area contributed by atoms with Crippen LogP contribution in [0, 0.1) is 13.8 Å². The summed E-state index contributed by atoms with van der Waals surface area (Å²) in [5, 5.41) is 4.41. The summed E-state index contributed by atoms with van der Waals surface area (Å²) in [7, 11) is 2.00. The standard InChI is InChI=1S/C21H22N4O2S/c1-13-6-4-5-7-16(13)20-23-14(2)19(28-20)24-21(26)27-11-15-8-9-18-17(10-15)22-12-25(18)3/h4-10,12,17-18H,11H2,1-3H3,(H,24,26). The third kappa shape index (κ3) is 3.71. The van der Waals surface area contributed by atoms with Gasteiger partial charge in [0.25, 0.3) is 0 Å². The van der Waals surface area contributed by atoms with Gasteiger partial charge in [-0.15, -0.1) is 0 Å². The number of anilines is 1. The van der Waals surface area contributed by atoms with E-state index in [9.17, 15) is 4.79 Å². The van der Waals surface area contributed by atoms with Crippen LogP contribution in [0.5, 0.6) is 0 Å². The zero-order valence-corrected chi connectivity index (χ0v) is 16.9. The Balaban J connectivity index is 1.37. The van der Waals surface area contributed by atoms with Crippen LogP contribution >= 0.6 is 11.3 Å². The van der Waals surface area contributed by atoms with E-state index in [0.717, 1.165) is 27.4 Å². The minimum atomic E-state index is -0.480. The predicted octanol–water partition coefficient (Wildman–Crippen LogP) is 4.18. The third-order valence-electron chi connectivity index (χ3n) is 4.89. The van der Waals surface area contributed by atoms with Gasteiger partial charge in [0.05, 0.1) is 24.1 Å². The molecule has 2 aliphatic rings. The molecule has 1 amide bonds. The highest BCUT2D eigenvalue weighted by Crippen LogP contribution is 2.33. The van der Waals surface area contributed by atoms with E-state index in [1.807, 2.05) is 50.7 Å². The molecule has 0 saturated heterocycles. The molecule has 7 heteroatoms.